The van der Waals surface area contributed by atoms with E-state index in [9.17, 15) is 0 Å². The molecule has 0 fully saturated rings. The van der Waals surface area contributed by atoms with E-state index < -0.39 is 0 Å². The molecule has 0 saturated heterocycles. The smallest absolute Gasteiger partial charge is 0.200 e. The molecule has 4 nitrogen and oxygen atoms in total. The maximum absolute atomic E-state index is 5.72. The van der Waals surface area contributed by atoms with E-state index in [1.165, 1.54) is 0 Å². The number of rotatable bonds is 3. The highest BCUT2D eigenvalue weighted by molar-refractivity contribution is 5.21. The van der Waals surface area contributed by atoms with Gasteiger partial charge in [0.1, 0.15) is 0 Å². The summed E-state index contributed by atoms with van der Waals surface area (Å²) in [6.07, 6.45) is 1.98. The SMILES string of the molecule is Cc1cn(CC(C)N(C)C)c(N)n1. The minimum absolute atomic E-state index is 0.468. The van der Waals surface area contributed by atoms with Crippen LogP contribution in [0.15, 0.2) is 6.20 Å². The summed E-state index contributed by atoms with van der Waals surface area (Å²) in [6, 6.07) is 0.468. The van der Waals surface area contributed by atoms with E-state index in [-0.39, 0.29) is 0 Å². The van der Waals surface area contributed by atoms with E-state index in [2.05, 4.69) is 30.9 Å². The zero-order valence-corrected chi connectivity index (χ0v) is 8.78. The molecule has 1 unspecified atom stereocenters. The molecule has 2 N–H and O–H groups in total. The van der Waals surface area contributed by atoms with Crippen molar-refractivity contribution >= 4 is 5.95 Å². The first-order valence-corrected chi connectivity index (χ1v) is 4.46. The minimum Gasteiger partial charge on any atom is -0.369 e. The molecule has 4 heteroatoms. The predicted octanol–water partition coefficient (Wildman–Crippen LogP) is 0.724. The zero-order valence-electron chi connectivity index (χ0n) is 8.78. The van der Waals surface area contributed by atoms with Gasteiger partial charge in [-0.2, -0.15) is 0 Å². The van der Waals surface area contributed by atoms with E-state index >= 15 is 0 Å². The van der Waals surface area contributed by atoms with Gasteiger partial charge in [0, 0.05) is 18.8 Å². The van der Waals surface area contributed by atoms with Gasteiger partial charge >= 0.3 is 0 Å². The number of nitrogens with two attached hydrogens (primary N) is 1. The summed E-state index contributed by atoms with van der Waals surface area (Å²) in [7, 11) is 4.12. The van der Waals surface area contributed by atoms with Crippen molar-refractivity contribution in [2.45, 2.75) is 26.4 Å². The van der Waals surface area contributed by atoms with Gasteiger partial charge in [-0.25, -0.2) is 4.98 Å². The number of anilines is 1. The van der Waals surface area contributed by atoms with Crippen molar-refractivity contribution in [3.05, 3.63) is 11.9 Å². The molecule has 1 atom stereocenters. The molecular formula is C9H18N4. The van der Waals surface area contributed by atoms with E-state index in [0.717, 1.165) is 12.2 Å². The van der Waals surface area contributed by atoms with Crippen molar-refractivity contribution in [3.63, 3.8) is 0 Å². The van der Waals surface area contributed by atoms with Crippen LogP contribution in [-0.4, -0.2) is 34.6 Å². The molecule has 0 bridgehead atoms. The van der Waals surface area contributed by atoms with E-state index in [1.807, 2.05) is 17.7 Å². The average molecular weight is 182 g/mol. The first-order chi connectivity index (χ1) is 6.00. The van der Waals surface area contributed by atoms with Crippen LogP contribution in [0.1, 0.15) is 12.6 Å². The van der Waals surface area contributed by atoms with Gasteiger partial charge < -0.3 is 15.2 Å². The molecule has 0 aliphatic heterocycles. The second kappa shape index (κ2) is 3.79. The van der Waals surface area contributed by atoms with E-state index in [4.69, 9.17) is 5.73 Å². The maximum Gasteiger partial charge on any atom is 0.200 e. The summed E-state index contributed by atoms with van der Waals surface area (Å²) in [5.41, 5.74) is 6.70. The molecule has 0 radical (unpaired) electrons. The number of hydrogen-bond acceptors (Lipinski definition) is 3. The number of aryl methyl sites for hydroxylation is 1. The normalized spacial score (nSPS) is 13.6. The van der Waals surface area contributed by atoms with Crippen LogP contribution in [0.3, 0.4) is 0 Å². The number of imidazole rings is 1. The molecule has 74 valence electrons. The van der Waals surface area contributed by atoms with Crippen LogP contribution in [-0.2, 0) is 6.54 Å². The molecule has 13 heavy (non-hydrogen) atoms. The third-order valence-electron chi connectivity index (χ3n) is 2.27. The number of likely N-dealkylation sites (N-methyl/N-ethyl adjacent to an activating group) is 1. The Morgan fingerprint density at radius 1 is 1.62 bits per heavy atom. The van der Waals surface area contributed by atoms with Gasteiger partial charge in [-0.1, -0.05) is 0 Å². The molecule has 0 amide bonds. The molecule has 0 aliphatic carbocycles. The van der Waals surface area contributed by atoms with Gasteiger partial charge in [0.25, 0.3) is 0 Å². The Morgan fingerprint density at radius 3 is 2.62 bits per heavy atom. The van der Waals surface area contributed by atoms with Crippen molar-refractivity contribution in [2.24, 2.45) is 0 Å². The van der Waals surface area contributed by atoms with Crippen LogP contribution >= 0.6 is 0 Å². The standard InChI is InChI=1S/C9H18N4/c1-7-5-13(9(10)11-7)6-8(2)12(3)4/h5,8H,6H2,1-4H3,(H2,10,11). The van der Waals surface area contributed by atoms with Crippen LogP contribution in [0.4, 0.5) is 5.95 Å². The lowest BCUT2D eigenvalue weighted by molar-refractivity contribution is 0.285. The first kappa shape index (κ1) is 10.1. The average Bonchev–Trinajstić information content (AvgIpc) is 2.30. The van der Waals surface area contributed by atoms with Gasteiger partial charge in [0.05, 0.1) is 5.69 Å². The van der Waals surface area contributed by atoms with Crippen LogP contribution in [0.2, 0.25) is 0 Å². The first-order valence-electron chi connectivity index (χ1n) is 4.46. The molecule has 0 saturated carbocycles. The van der Waals surface area contributed by atoms with Crippen molar-refractivity contribution in [1.29, 1.82) is 0 Å². The molecule has 1 aromatic rings. The Balaban J connectivity index is 2.68. The number of aromatic nitrogens is 2. The van der Waals surface area contributed by atoms with E-state index in [0.29, 0.717) is 12.0 Å². The number of nitrogen functional groups attached to an aromatic ring is 1. The fraction of sp³-hybridized carbons (Fsp3) is 0.667. The number of hydrogen-bond donors (Lipinski definition) is 1. The Morgan fingerprint density at radius 2 is 2.23 bits per heavy atom. The fourth-order valence-corrected chi connectivity index (χ4v) is 1.16. The second-order valence-electron chi connectivity index (χ2n) is 3.71. The third kappa shape index (κ3) is 2.45. The summed E-state index contributed by atoms with van der Waals surface area (Å²) < 4.78 is 1.99. The van der Waals surface area contributed by atoms with Crippen LogP contribution in [0, 0.1) is 6.92 Å². The lowest BCUT2D eigenvalue weighted by Gasteiger charge is -2.20. The molecule has 0 aliphatic rings. The van der Waals surface area contributed by atoms with E-state index in [1.54, 1.807) is 0 Å². The van der Waals surface area contributed by atoms with Gasteiger partial charge in [0.15, 0.2) is 5.95 Å². The largest absolute Gasteiger partial charge is 0.369 e. The summed E-state index contributed by atoms with van der Waals surface area (Å²) in [5.74, 6) is 0.603. The lowest BCUT2D eigenvalue weighted by atomic mass is 10.3. The number of nitrogens with zero attached hydrogens (tertiary/aromatic N) is 3. The molecule has 1 aromatic heterocycles. The lowest BCUT2D eigenvalue weighted by Crippen LogP contribution is -2.29. The highest BCUT2D eigenvalue weighted by Gasteiger charge is 2.08. The summed E-state index contributed by atoms with van der Waals surface area (Å²) in [5, 5.41) is 0. The minimum atomic E-state index is 0.468. The quantitative estimate of drug-likeness (QED) is 0.749. The third-order valence-corrected chi connectivity index (χ3v) is 2.27. The molecular weight excluding hydrogens is 164 g/mol. The van der Waals surface area contributed by atoms with Gasteiger partial charge in [-0.05, 0) is 27.9 Å². The Hall–Kier alpha value is -1.03. The highest BCUT2D eigenvalue weighted by atomic mass is 15.2. The molecule has 1 rings (SSSR count). The van der Waals surface area contributed by atoms with Gasteiger partial charge in [0.2, 0.25) is 0 Å². The second-order valence-corrected chi connectivity index (χ2v) is 3.71. The van der Waals surface area contributed by atoms with Crippen LogP contribution in [0.25, 0.3) is 0 Å². The van der Waals surface area contributed by atoms with Gasteiger partial charge in [-0.3, -0.25) is 0 Å². The maximum atomic E-state index is 5.72. The van der Waals surface area contributed by atoms with Gasteiger partial charge in [-0.15, -0.1) is 0 Å². The monoisotopic (exact) mass is 182 g/mol. The van der Waals surface area contributed by atoms with Crippen LogP contribution < -0.4 is 5.73 Å². The Labute approximate surface area is 79.4 Å². The highest BCUT2D eigenvalue weighted by Crippen LogP contribution is 2.06. The van der Waals surface area contributed by atoms with Crippen molar-refractivity contribution in [2.75, 3.05) is 19.8 Å². The van der Waals surface area contributed by atoms with Crippen LogP contribution in [0.5, 0.6) is 0 Å². The summed E-state index contributed by atoms with van der Waals surface area (Å²) >= 11 is 0. The summed E-state index contributed by atoms with van der Waals surface area (Å²) in [4.78, 5) is 6.31. The molecule has 0 spiro atoms. The van der Waals surface area contributed by atoms with Crippen molar-refractivity contribution in [1.82, 2.24) is 14.5 Å². The predicted molar refractivity (Wildman–Crippen MR) is 54.5 cm³/mol. The fourth-order valence-electron chi connectivity index (χ4n) is 1.16. The topological polar surface area (TPSA) is 47.1 Å². The van der Waals surface area contributed by atoms with Crippen molar-refractivity contribution in [3.8, 4) is 0 Å². The van der Waals surface area contributed by atoms with Crippen molar-refractivity contribution < 1.29 is 0 Å². The zero-order chi connectivity index (χ0) is 10.0. The summed E-state index contributed by atoms with van der Waals surface area (Å²) in [6.45, 7) is 5.00. The molecule has 1 heterocycles. The Bertz CT molecular complexity index is 277. The molecule has 0 aromatic carbocycles. The Kier molecular flexibility index (Phi) is 2.93.